The maximum Gasteiger partial charge on any atom is 0.125 e. The summed E-state index contributed by atoms with van der Waals surface area (Å²) in [6.07, 6.45) is 2.18. The van der Waals surface area contributed by atoms with E-state index in [1.54, 1.807) is 12.1 Å². The van der Waals surface area contributed by atoms with E-state index in [4.69, 9.17) is 0 Å². The minimum atomic E-state index is -0.176. The highest BCUT2D eigenvalue weighted by atomic mass is 79.9. The van der Waals surface area contributed by atoms with Gasteiger partial charge >= 0.3 is 0 Å². The van der Waals surface area contributed by atoms with Crippen molar-refractivity contribution < 1.29 is 4.39 Å². The molecule has 0 amide bonds. The minimum absolute atomic E-state index is 0.157. The third-order valence-electron chi connectivity index (χ3n) is 3.98. The molecule has 1 saturated heterocycles. The Labute approximate surface area is 117 Å². The van der Waals surface area contributed by atoms with E-state index in [9.17, 15) is 4.39 Å². The number of hydrogen-bond acceptors (Lipinski definition) is 2. The van der Waals surface area contributed by atoms with Crippen LogP contribution in [0.1, 0.15) is 26.7 Å². The van der Waals surface area contributed by atoms with Gasteiger partial charge in [-0.25, -0.2) is 4.39 Å². The molecule has 1 aliphatic heterocycles. The lowest BCUT2D eigenvalue weighted by Gasteiger charge is -2.44. The van der Waals surface area contributed by atoms with Crippen molar-refractivity contribution in [1.82, 2.24) is 5.32 Å². The van der Waals surface area contributed by atoms with Crippen molar-refractivity contribution in [2.45, 2.75) is 32.2 Å². The number of hydrogen-bond donors (Lipinski definition) is 1. The molecule has 4 heteroatoms. The zero-order chi connectivity index (χ0) is 13.2. The molecule has 2 rings (SSSR count). The SMILES string of the molecule is CCC1(CC)CN(c2cc(F)ccc2Br)CCN1. The van der Waals surface area contributed by atoms with Crippen molar-refractivity contribution >= 4 is 21.6 Å². The number of halogens is 2. The second kappa shape index (κ2) is 5.57. The molecule has 0 aliphatic carbocycles. The maximum atomic E-state index is 13.4. The van der Waals surface area contributed by atoms with Crippen LogP contribution in [-0.4, -0.2) is 25.2 Å². The summed E-state index contributed by atoms with van der Waals surface area (Å²) in [6.45, 7) is 7.22. The first-order valence-electron chi connectivity index (χ1n) is 6.55. The number of nitrogens with one attached hydrogen (secondary N) is 1. The summed E-state index contributed by atoms with van der Waals surface area (Å²) in [5.41, 5.74) is 1.12. The van der Waals surface area contributed by atoms with Gasteiger partial charge in [0.25, 0.3) is 0 Å². The summed E-state index contributed by atoms with van der Waals surface area (Å²) in [5, 5.41) is 3.62. The Morgan fingerprint density at radius 1 is 1.39 bits per heavy atom. The molecular weight excluding hydrogens is 295 g/mol. The van der Waals surface area contributed by atoms with Crippen LogP contribution >= 0.6 is 15.9 Å². The lowest BCUT2D eigenvalue weighted by atomic mass is 9.90. The normalized spacial score (nSPS) is 19.0. The smallest absolute Gasteiger partial charge is 0.125 e. The molecule has 100 valence electrons. The summed E-state index contributed by atoms with van der Waals surface area (Å²) in [4.78, 5) is 2.27. The van der Waals surface area contributed by atoms with Gasteiger partial charge in [-0.3, -0.25) is 0 Å². The Morgan fingerprint density at radius 3 is 2.78 bits per heavy atom. The van der Waals surface area contributed by atoms with E-state index in [0.29, 0.717) is 0 Å². The third-order valence-corrected chi connectivity index (χ3v) is 4.65. The maximum absolute atomic E-state index is 13.4. The number of anilines is 1. The molecular formula is C14H20BrFN2. The lowest BCUT2D eigenvalue weighted by molar-refractivity contribution is 0.277. The first kappa shape index (κ1) is 13.8. The average Bonchev–Trinajstić information content (AvgIpc) is 2.41. The average molecular weight is 315 g/mol. The van der Waals surface area contributed by atoms with Gasteiger partial charge in [0, 0.05) is 29.6 Å². The van der Waals surface area contributed by atoms with Crippen LogP contribution in [0.15, 0.2) is 22.7 Å². The number of nitrogens with zero attached hydrogens (tertiary/aromatic N) is 1. The van der Waals surface area contributed by atoms with Crippen molar-refractivity contribution in [3.05, 3.63) is 28.5 Å². The molecule has 0 atom stereocenters. The largest absolute Gasteiger partial charge is 0.367 e. The summed E-state index contributed by atoms with van der Waals surface area (Å²) in [5.74, 6) is -0.176. The van der Waals surface area contributed by atoms with Gasteiger partial charge in [0.2, 0.25) is 0 Å². The number of rotatable bonds is 3. The van der Waals surface area contributed by atoms with Gasteiger partial charge in [0.15, 0.2) is 0 Å². The highest BCUT2D eigenvalue weighted by molar-refractivity contribution is 9.10. The predicted octanol–water partition coefficient (Wildman–Crippen LogP) is 3.56. The molecule has 0 spiro atoms. The molecule has 0 unspecified atom stereocenters. The highest BCUT2D eigenvalue weighted by Crippen LogP contribution is 2.31. The Balaban J connectivity index is 2.25. The Hall–Kier alpha value is -0.610. The van der Waals surface area contributed by atoms with Gasteiger partial charge in [-0.15, -0.1) is 0 Å². The van der Waals surface area contributed by atoms with Gasteiger partial charge in [0.05, 0.1) is 5.69 Å². The summed E-state index contributed by atoms with van der Waals surface area (Å²) < 4.78 is 14.4. The van der Waals surface area contributed by atoms with Crippen molar-refractivity contribution in [2.75, 3.05) is 24.5 Å². The predicted molar refractivity (Wildman–Crippen MR) is 77.6 cm³/mol. The Morgan fingerprint density at radius 2 is 2.11 bits per heavy atom. The van der Waals surface area contributed by atoms with Gasteiger partial charge in [0.1, 0.15) is 5.82 Å². The van der Waals surface area contributed by atoms with E-state index in [0.717, 1.165) is 42.6 Å². The second-order valence-electron chi connectivity index (χ2n) is 4.93. The van der Waals surface area contributed by atoms with Crippen LogP contribution in [0.2, 0.25) is 0 Å². The molecule has 1 fully saturated rings. The van der Waals surface area contributed by atoms with E-state index in [-0.39, 0.29) is 11.4 Å². The molecule has 1 heterocycles. The van der Waals surface area contributed by atoms with Gasteiger partial charge in [-0.05, 0) is 47.0 Å². The molecule has 0 aromatic heterocycles. The molecule has 18 heavy (non-hydrogen) atoms. The van der Waals surface area contributed by atoms with Crippen molar-refractivity contribution in [1.29, 1.82) is 0 Å². The number of benzene rings is 1. The summed E-state index contributed by atoms with van der Waals surface area (Å²) in [7, 11) is 0. The second-order valence-corrected chi connectivity index (χ2v) is 5.79. The topological polar surface area (TPSA) is 15.3 Å². The fourth-order valence-corrected chi connectivity index (χ4v) is 3.11. The zero-order valence-corrected chi connectivity index (χ0v) is 12.6. The monoisotopic (exact) mass is 314 g/mol. The van der Waals surface area contributed by atoms with Crippen LogP contribution in [0.25, 0.3) is 0 Å². The van der Waals surface area contributed by atoms with E-state index in [2.05, 4.69) is 40.0 Å². The van der Waals surface area contributed by atoms with Crippen molar-refractivity contribution in [2.24, 2.45) is 0 Å². The summed E-state index contributed by atoms with van der Waals surface area (Å²) >= 11 is 3.52. The zero-order valence-electron chi connectivity index (χ0n) is 11.0. The Bertz CT molecular complexity index is 418. The van der Waals surface area contributed by atoms with E-state index in [1.807, 2.05) is 0 Å². The number of piperazine rings is 1. The molecule has 2 nitrogen and oxygen atoms in total. The van der Waals surface area contributed by atoms with Crippen LogP contribution in [-0.2, 0) is 0 Å². The van der Waals surface area contributed by atoms with E-state index in [1.165, 1.54) is 6.07 Å². The van der Waals surface area contributed by atoms with Crippen molar-refractivity contribution in [3.8, 4) is 0 Å². The minimum Gasteiger partial charge on any atom is -0.367 e. The lowest BCUT2D eigenvalue weighted by Crippen LogP contribution is -2.60. The standard InChI is InChI=1S/C14H20BrFN2/c1-3-14(4-2)10-18(8-7-17-14)13-9-11(16)5-6-12(13)15/h5-6,9,17H,3-4,7-8,10H2,1-2H3. The summed E-state index contributed by atoms with van der Waals surface area (Å²) in [6, 6.07) is 4.89. The first-order chi connectivity index (χ1) is 8.60. The fraction of sp³-hybridized carbons (Fsp3) is 0.571. The fourth-order valence-electron chi connectivity index (χ4n) is 2.61. The van der Waals surface area contributed by atoms with Crippen LogP contribution in [0.5, 0.6) is 0 Å². The van der Waals surface area contributed by atoms with E-state index >= 15 is 0 Å². The quantitative estimate of drug-likeness (QED) is 0.917. The molecule has 1 aromatic rings. The molecule has 1 aliphatic rings. The van der Waals surface area contributed by atoms with Gasteiger partial charge < -0.3 is 10.2 Å². The molecule has 0 bridgehead atoms. The first-order valence-corrected chi connectivity index (χ1v) is 7.34. The van der Waals surface area contributed by atoms with Crippen LogP contribution in [0, 0.1) is 5.82 Å². The van der Waals surface area contributed by atoms with Gasteiger partial charge in [-0.1, -0.05) is 13.8 Å². The van der Waals surface area contributed by atoms with Crippen LogP contribution < -0.4 is 10.2 Å². The highest BCUT2D eigenvalue weighted by Gasteiger charge is 2.32. The van der Waals surface area contributed by atoms with E-state index < -0.39 is 0 Å². The Kier molecular flexibility index (Phi) is 4.28. The third kappa shape index (κ3) is 2.69. The molecule has 0 saturated carbocycles. The van der Waals surface area contributed by atoms with Crippen molar-refractivity contribution in [3.63, 3.8) is 0 Å². The molecule has 1 N–H and O–H groups in total. The van der Waals surface area contributed by atoms with Crippen LogP contribution in [0.4, 0.5) is 10.1 Å². The molecule has 0 radical (unpaired) electrons. The van der Waals surface area contributed by atoms with Crippen LogP contribution in [0.3, 0.4) is 0 Å². The molecule has 1 aromatic carbocycles. The van der Waals surface area contributed by atoms with Gasteiger partial charge in [-0.2, -0.15) is 0 Å².